The Kier molecular flexibility index (Phi) is 5.87. The van der Waals surface area contributed by atoms with Gasteiger partial charge in [-0.2, -0.15) is 0 Å². The Morgan fingerprint density at radius 3 is 2.23 bits per heavy atom. The molecule has 2 N–H and O–H groups in total. The molecule has 0 aliphatic heterocycles. The number of hydrogen-bond donors (Lipinski definition) is 2. The first-order valence-corrected chi connectivity index (χ1v) is 8.76. The van der Waals surface area contributed by atoms with Crippen LogP contribution in [-0.2, 0) is 13.1 Å². The van der Waals surface area contributed by atoms with E-state index in [0.29, 0.717) is 23.7 Å². The van der Waals surface area contributed by atoms with Crippen LogP contribution in [0.5, 0.6) is 0 Å². The number of anilines is 1. The second kappa shape index (κ2) is 8.50. The fourth-order valence-electron chi connectivity index (χ4n) is 2.42. The van der Waals surface area contributed by atoms with Gasteiger partial charge in [-0.25, -0.2) is 4.98 Å². The van der Waals surface area contributed by atoms with Crippen molar-refractivity contribution in [1.29, 1.82) is 0 Å². The van der Waals surface area contributed by atoms with Gasteiger partial charge in [0, 0.05) is 24.3 Å². The average molecular weight is 366 g/mol. The highest BCUT2D eigenvalue weighted by Crippen LogP contribution is 2.11. The zero-order valence-electron chi connectivity index (χ0n) is 14.5. The third kappa shape index (κ3) is 5.07. The summed E-state index contributed by atoms with van der Waals surface area (Å²) in [6.07, 6.45) is 1.58. The quantitative estimate of drug-likeness (QED) is 0.672. The monoisotopic (exact) mass is 365 g/mol. The van der Waals surface area contributed by atoms with E-state index in [9.17, 15) is 4.79 Å². The van der Waals surface area contributed by atoms with Crippen LogP contribution in [0.1, 0.15) is 27.0 Å². The third-order valence-corrected chi connectivity index (χ3v) is 4.24. The third-order valence-electron chi connectivity index (χ3n) is 3.99. The molecule has 26 heavy (non-hydrogen) atoms. The summed E-state index contributed by atoms with van der Waals surface area (Å²) in [5, 5.41) is 6.81. The number of pyridine rings is 1. The lowest BCUT2D eigenvalue weighted by Gasteiger charge is -2.08. The number of aromatic nitrogens is 1. The molecule has 0 saturated carbocycles. The van der Waals surface area contributed by atoms with Crippen LogP contribution in [0, 0.1) is 6.92 Å². The summed E-state index contributed by atoms with van der Waals surface area (Å²) < 4.78 is 0. The van der Waals surface area contributed by atoms with E-state index in [-0.39, 0.29) is 5.91 Å². The Bertz CT molecular complexity index is 859. The van der Waals surface area contributed by atoms with Gasteiger partial charge in [0.05, 0.1) is 5.56 Å². The van der Waals surface area contributed by atoms with Crippen LogP contribution in [0.3, 0.4) is 0 Å². The average Bonchev–Trinajstić information content (AvgIpc) is 2.67. The molecule has 0 radical (unpaired) electrons. The Morgan fingerprint density at radius 1 is 0.923 bits per heavy atom. The van der Waals surface area contributed by atoms with Crippen LogP contribution in [0.15, 0.2) is 66.9 Å². The minimum atomic E-state index is -0.155. The van der Waals surface area contributed by atoms with Gasteiger partial charge in [-0.3, -0.25) is 4.79 Å². The summed E-state index contributed by atoms with van der Waals surface area (Å²) in [5.74, 6) is 0.581. The van der Waals surface area contributed by atoms with E-state index in [4.69, 9.17) is 11.6 Å². The van der Waals surface area contributed by atoms with E-state index < -0.39 is 0 Å². The fourth-order valence-corrected chi connectivity index (χ4v) is 2.54. The van der Waals surface area contributed by atoms with Gasteiger partial charge >= 0.3 is 0 Å². The van der Waals surface area contributed by atoms with Gasteiger partial charge in [0.25, 0.3) is 5.91 Å². The molecule has 0 bridgehead atoms. The Labute approximate surface area is 158 Å². The first kappa shape index (κ1) is 18.0. The highest BCUT2D eigenvalue weighted by Gasteiger charge is 2.06. The van der Waals surface area contributed by atoms with Crippen molar-refractivity contribution >= 4 is 23.3 Å². The first-order chi connectivity index (χ1) is 12.6. The number of nitrogens with one attached hydrogen (secondary N) is 2. The van der Waals surface area contributed by atoms with Crippen LogP contribution in [0.25, 0.3) is 0 Å². The summed E-state index contributed by atoms with van der Waals surface area (Å²) in [6, 6.07) is 19.3. The van der Waals surface area contributed by atoms with Gasteiger partial charge < -0.3 is 10.6 Å². The first-order valence-electron chi connectivity index (χ1n) is 8.38. The van der Waals surface area contributed by atoms with Gasteiger partial charge in [-0.05, 0) is 42.3 Å². The predicted molar refractivity (Wildman–Crippen MR) is 105 cm³/mol. The Hall–Kier alpha value is -2.85. The molecule has 0 aliphatic rings. The minimum Gasteiger partial charge on any atom is -0.366 e. The molecule has 0 saturated heterocycles. The molecule has 0 spiro atoms. The van der Waals surface area contributed by atoms with E-state index in [2.05, 4.69) is 46.8 Å². The van der Waals surface area contributed by atoms with E-state index in [0.717, 1.165) is 11.4 Å². The number of halogens is 1. The van der Waals surface area contributed by atoms with Crippen molar-refractivity contribution in [3.63, 3.8) is 0 Å². The molecular weight excluding hydrogens is 346 g/mol. The normalized spacial score (nSPS) is 10.4. The molecule has 0 atom stereocenters. The fraction of sp³-hybridized carbons (Fsp3) is 0.143. The van der Waals surface area contributed by atoms with Crippen LogP contribution in [-0.4, -0.2) is 10.9 Å². The molecule has 1 heterocycles. The zero-order chi connectivity index (χ0) is 18.4. The zero-order valence-corrected chi connectivity index (χ0v) is 15.3. The predicted octanol–water partition coefficient (Wildman–Crippen LogP) is 4.59. The number of aryl methyl sites for hydroxylation is 1. The molecule has 0 aliphatic carbocycles. The molecule has 3 aromatic rings. The topological polar surface area (TPSA) is 54.0 Å². The van der Waals surface area contributed by atoms with Crippen molar-refractivity contribution in [2.24, 2.45) is 0 Å². The molecular formula is C21H20ClN3O. The molecule has 4 nitrogen and oxygen atoms in total. The van der Waals surface area contributed by atoms with Crippen LogP contribution >= 0.6 is 11.6 Å². The van der Waals surface area contributed by atoms with E-state index in [1.807, 2.05) is 18.2 Å². The minimum absolute atomic E-state index is 0.155. The lowest BCUT2D eigenvalue weighted by atomic mass is 10.1. The number of hydrogen-bond acceptors (Lipinski definition) is 3. The van der Waals surface area contributed by atoms with E-state index >= 15 is 0 Å². The van der Waals surface area contributed by atoms with Crippen LogP contribution in [0.2, 0.25) is 5.02 Å². The van der Waals surface area contributed by atoms with Crippen molar-refractivity contribution in [3.05, 3.63) is 94.1 Å². The second-order valence-electron chi connectivity index (χ2n) is 6.08. The summed E-state index contributed by atoms with van der Waals surface area (Å²) in [7, 11) is 0. The Balaban J connectivity index is 1.52. The highest BCUT2D eigenvalue weighted by molar-refractivity contribution is 6.30. The summed E-state index contributed by atoms with van der Waals surface area (Å²) in [5.41, 5.74) is 3.94. The SMILES string of the molecule is Cc1ccc(CNc2ccc(C(=O)NCc3ccc(Cl)cc3)cn2)cc1. The number of carbonyl (C=O) groups is 1. The maximum Gasteiger partial charge on any atom is 0.253 e. The number of rotatable bonds is 6. The number of nitrogens with zero attached hydrogens (tertiary/aromatic N) is 1. The summed E-state index contributed by atoms with van der Waals surface area (Å²) in [4.78, 5) is 16.5. The van der Waals surface area contributed by atoms with Crippen molar-refractivity contribution in [1.82, 2.24) is 10.3 Å². The second-order valence-corrected chi connectivity index (χ2v) is 6.52. The number of benzene rings is 2. The largest absolute Gasteiger partial charge is 0.366 e. The molecule has 1 aromatic heterocycles. The van der Waals surface area contributed by atoms with Crippen molar-refractivity contribution in [3.8, 4) is 0 Å². The van der Waals surface area contributed by atoms with Crippen molar-refractivity contribution < 1.29 is 4.79 Å². The smallest absolute Gasteiger partial charge is 0.253 e. The van der Waals surface area contributed by atoms with Gasteiger partial charge in [0.15, 0.2) is 0 Å². The van der Waals surface area contributed by atoms with Crippen LogP contribution in [0.4, 0.5) is 5.82 Å². The molecule has 3 rings (SSSR count). The maximum atomic E-state index is 12.2. The molecule has 5 heteroatoms. The summed E-state index contributed by atoms with van der Waals surface area (Å²) >= 11 is 5.86. The van der Waals surface area contributed by atoms with Gasteiger partial charge in [0.2, 0.25) is 0 Å². The van der Waals surface area contributed by atoms with E-state index in [1.165, 1.54) is 11.1 Å². The lowest BCUT2D eigenvalue weighted by molar-refractivity contribution is 0.0950. The van der Waals surface area contributed by atoms with Crippen molar-refractivity contribution in [2.75, 3.05) is 5.32 Å². The molecule has 0 unspecified atom stereocenters. The standard InChI is InChI=1S/C21H20ClN3O/c1-15-2-4-16(5-3-15)12-23-20-11-8-18(14-24-20)21(26)25-13-17-6-9-19(22)10-7-17/h2-11,14H,12-13H2,1H3,(H,23,24)(H,25,26). The molecule has 0 fully saturated rings. The molecule has 1 amide bonds. The number of carbonyl (C=O) groups excluding carboxylic acids is 1. The van der Waals surface area contributed by atoms with Gasteiger partial charge in [-0.1, -0.05) is 53.6 Å². The van der Waals surface area contributed by atoms with E-state index in [1.54, 1.807) is 24.4 Å². The maximum absolute atomic E-state index is 12.2. The van der Waals surface area contributed by atoms with Crippen molar-refractivity contribution in [2.45, 2.75) is 20.0 Å². The molecule has 2 aromatic carbocycles. The van der Waals surface area contributed by atoms with Gasteiger partial charge in [-0.15, -0.1) is 0 Å². The number of amides is 1. The Morgan fingerprint density at radius 2 is 1.58 bits per heavy atom. The lowest BCUT2D eigenvalue weighted by Crippen LogP contribution is -2.22. The van der Waals surface area contributed by atoms with Gasteiger partial charge in [0.1, 0.15) is 5.82 Å². The molecule has 132 valence electrons. The van der Waals surface area contributed by atoms with Crippen LogP contribution < -0.4 is 10.6 Å². The highest BCUT2D eigenvalue weighted by atomic mass is 35.5. The summed E-state index contributed by atoms with van der Waals surface area (Å²) in [6.45, 7) is 3.20.